The number of carbonyl (C=O) groups excluding carboxylic acids is 2. The molecule has 2 amide bonds. The van der Waals surface area contributed by atoms with Crippen molar-refractivity contribution >= 4 is 45.9 Å². The van der Waals surface area contributed by atoms with Crippen LogP contribution in [0.25, 0.3) is 16.8 Å². The number of anilines is 1. The number of amides is 2. The Morgan fingerprint density at radius 2 is 1.86 bits per heavy atom. The van der Waals surface area contributed by atoms with E-state index in [1.165, 1.54) is 28.9 Å². The first-order valence-corrected chi connectivity index (χ1v) is 12.5. The van der Waals surface area contributed by atoms with Gasteiger partial charge in [-0.3, -0.25) is 14.0 Å². The molecule has 42 heavy (non-hydrogen) atoms. The van der Waals surface area contributed by atoms with Gasteiger partial charge < -0.3 is 15.2 Å². The second kappa shape index (κ2) is 9.76. The molecule has 1 unspecified atom stereocenters. The summed E-state index contributed by atoms with van der Waals surface area (Å²) >= 11 is 6.32. The van der Waals surface area contributed by atoms with Crippen molar-refractivity contribution in [3.63, 3.8) is 0 Å². The highest BCUT2D eigenvalue weighted by molar-refractivity contribution is 6.31. The molecule has 0 bridgehead atoms. The molecule has 0 saturated carbocycles. The van der Waals surface area contributed by atoms with Crippen LogP contribution in [0.1, 0.15) is 43.4 Å². The zero-order valence-electron chi connectivity index (χ0n) is 20.7. The van der Waals surface area contributed by atoms with Crippen molar-refractivity contribution in [1.29, 1.82) is 0 Å². The Balaban J connectivity index is 1.61. The Hall–Kier alpha value is -4.59. The van der Waals surface area contributed by atoms with Gasteiger partial charge in [-0.25, -0.2) is 22.5 Å². The van der Waals surface area contributed by atoms with E-state index >= 15 is 0 Å². The molecule has 0 spiro atoms. The van der Waals surface area contributed by atoms with Crippen molar-refractivity contribution in [1.82, 2.24) is 19.3 Å². The molecule has 2 N–H and O–H groups in total. The summed E-state index contributed by atoms with van der Waals surface area (Å²) < 4.78 is 98.0. The quantitative estimate of drug-likeness (QED) is 0.221. The summed E-state index contributed by atoms with van der Waals surface area (Å²) in [7, 11) is 0. The normalized spacial score (nSPS) is 15.1. The standard InChI is InChI=1S/C27H15ClF7N5O2/c28-16-2-1-13(29)8-15(16)22-20-17(37-24(41)11-5-12(27(33,34)35)7-14(30)6-11)9-18-23(21(20)25(42)38-22)39-4-3-36-26(39)40(18)10-19(31)32/h1-9,19,22H,10H2,(H,37,41)(H,38,42). The van der Waals surface area contributed by atoms with E-state index in [4.69, 9.17) is 11.6 Å². The van der Waals surface area contributed by atoms with Gasteiger partial charge in [0.2, 0.25) is 5.78 Å². The number of rotatable bonds is 5. The molecule has 1 aliphatic heterocycles. The molecule has 1 aliphatic rings. The van der Waals surface area contributed by atoms with Gasteiger partial charge in [-0.1, -0.05) is 11.6 Å². The lowest BCUT2D eigenvalue weighted by atomic mass is 9.95. The fourth-order valence-corrected chi connectivity index (χ4v) is 5.40. The third kappa shape index (κ3) is 4.51. The van der Waals surface area contributed by atoms with E-state index in [2.05, 4.69) is 15.6 Å². The maximum absolute atomic E-state index is 14.3. The van der Waals surface area contributed by atoms with Crippen molar-refractivity contribution in [2.75, 3.05) is 5.32 Å². The zero-order valence-corrected chi connectivity index (χ0v) is 21.5. The molecule has 0 radical (unpaired) electrons. The van der Waals surface area contributed by atoms with Crippen LogP contribution in [0.4, 0.5) is 36.4 Å². The van der Waals surface area contributed by atoms with E-state index in [1.54, 1.807) is 0 Å². The number of hydrogen-bond donors (Lipinski definition) is 2. The first-order valence-electron chi connectivity index (χ1n) is 12.1. The molecule has 1 atom stereocenters. The first kappa shape index (κ1) is 27.6. The smallest absolute Gasteiger partial charge is 0.341 e. The lowest BCUT2D eigenvalue weighted by Gasteiger charge is -2.19. The first-order chi connectivity index (χ1) is 19.8. The van der Waals surface area contributed by atoms with Gasteiger partial charge in [0.05, 0.1) is 34.7 Å². The number of alkyl halides is 5. The van der Waals surface area contributed by atoms with Crippen LogP contribution in [0.15, 0.2) is 54.9 Å². The molecular weight excluding hydrogens is 595 g/mol. The summed E-state index contributed by atoms with van der Waals surface area (Å²) in [6.07, 6.45) is -5.06. The number of hydrogen-bond acceptors (Lipinski definition) is 3. The van der Waals surface area contributed by atoms with Gasteiger partial charge in [-0.2, -0.15) is 13.2 Å². The maximum atomic E-state index is 14.3. The fraction of sp³-hybridized carbons (Fsp3) is 0.148. The number of aromatic nitrogens is 3. The number of nitrogens with zero attached hydrogens (tertiary/aromatic N) is 3. The molecule has 5 aromatic rings. The SMILES string of the molecule is O=C(Nc1cc2c(c3c1C(c1cc(F)ccc1Cl)NC3=O)n1ccnc1n2CC(F)F)c1cc(F)cc(C(F)(F)F)c1. The summed E-state index contributed by atoms with van der Waals surface area (Å²) in [5.41, 5.74) is -2.13. The lowest BCUT2D eigenvalue weighted by molar-refractivity contribution is -0.137. The van der Waals surface area contributed by atoms with E-state index in [9.17, 15) is 40.3 Å². The van der Waals surface area contributed by atoms with Crippen LogP contribution in [0.2, 0.25) is 5.02 Å². The Bertz CT molecular complexity index is 1930. The molecule has 3 aromatic carbocycles. The zero-order chi connectivity index (χ0) is 30.1. The van der Waals surface area contributed by atoms with Crippen LogP contribution < -0.4 is 10.6 Å². The molecule has 216 valence electrons. The summed E-state index contributed by atoms with van der Waals surface area (Å²) in [6.45, 7) is -0.851. The van der Waals surface area contributed by atoms with Crippen LogP contribution >= 0.6 is 11.6 Å². The molecule has 0 fully saturated rings. The minimum Gasteiger partial charge on any atom is -0.341 e. The van der Waals surface area contributed by atoms with Crippen LogP contribution in [-0.2, 0) is 12.7 Å². The Kier molecular flexibility index (Phi) is 6.40. The van der Waals surface area contributed by atoms with E-state index < -0.39 is 59.8 Å². The molecule has 7 nitrogen and oxygen atoms in total. The molecule has 6 rings (SSSR count). The number of nitrogens with one attached hydrogen (secondary N) is 2. The van der Waals surface area contributed by atoms with Crippen LogP contribution in [0, 0.1) is 11.6 Å². The predicted octanol–water partition coefficient (Wildman–Crippen LogP) is 6.59. The van der Waals surface area contributed by atoms with Gasteiger partial charge in [0.1, 0.15) is 11.6 Å². The van der Waals surface area contributed by atoms with Crippen molar-refractivity contribution in [2.45, 2.75) is 25.2 Å². The minimum absolute atomic E-state index is 0.0313. The lowest BCUT2D eigenvalue weighted by Crippen LogP contribution is -2.21. The third-order valence-corrected chi connectivity index (χ3v) is 7.17. The van der Waals surface area contributed by atoms with Crippen molar-refractivity contribution < 1.29 is 40.3 Å². The number of carbonyl (C=O) groups is 2. The number of fused-ring (bicyclic) bond motifs is 5. The molecule has 15 heteroatoms. The number of benzene rings is 3. The average Bonchev–Trinajstić information content (AvgIpc) is 3.59. The summed E-state index contributed by atoms with van der Waals surface area (Å²) in [5.74, 6) is -3.92. The van der Waals surface area contributed by atoms with Gasteiger partial charge in [-0.15, -0.1) is 0 Å². The highest BCUT2D eigenvalue weighted by Gasteiger charge is 2.38. The van der Waals surface area contributed by atoms with Crippen LogP contribution in [0.3, 0.4) is 0 Å². The Morgan fingerprint density at radius 1 is 1.10 bits per heavy atom. The van der Waals surface area contributed by atoms with E-state index in [0.717, 1.165) is 16.7 Å². The molecule has 0 aliphatic carbocycles. The second-order valence-electron chi connectivity index (χ2n) is 9.43. The Morgan fingerprint density at radius 3 is 2.57 bits per heavy atom. The highest BCUT2D eigenvalue weighted by Crippen LogP contribution is 2.44. The van der Waals surface area contributed by atoms with Gasteiger partial charge in [0.15, 0.2) is 0 Å². The highest BCUT2D eigenvalue weighted by atomic mass is 35.5. The van der Waals surface area contributed by atoms with Crippen LogP contribution in [-0.4, -0.2) is 32.2 Å². The largest absolute Gasteiger partial charge is 0.416 e. The van der Waals surface area contributed by atoms with Gasteiger partial charge in [0, 0.05) is 39.8 Å². The van der Waals surface area contributed by atoms with Crippen molar-refractivity contribution in [3.05, 3.63) is 99.3 Å². The van der Waals surface area contributed by atoms with Crippen molar-refractivity contribution in [3.8, 4) is 0 Å². The molecule has 3 heterocycles. The predicted molar refractivity (Wildman–Crippen MR) is 137 cm³/mol. The summed E-state index contributed by atoms with van der Waals surface area (Å²) in [4.78, 5) is 30.8. The topological polar surface area (TPSA) is 80.4 Å². The molecular formula is C27H15ClF7N5O2. The maximum Gasteiger partial charge on any atom is 0.416 e. The van der Waals surface area contributed by atoms with E-state index in [-0.39, 0.29) is 50.3 Å². The van der Waals surface area contributed by atoms with Crippen LogP contribution in [0.5, 0.6) is 0 Å². The molecule has 0 saturated heterocycles. The minimum atomic E-state index is -4.96. The summed E-state index contributed by atoms with van der Waals surface area (Å²) in [6, 6.07) is 4.69. The fourth-order valence-electron chi connectivity index (χ4n) is 5.17. The monoisotopic (exact) mass is 609 g/mol. The third-order valence-electron chi connectivity index (χ3n) is 6.83. The number of halogens is 8. The summed E-state index contributed by atoms with van der Waals surface area (Å²) in [5, 5.41) is 5.09. The van der Waals surface area contributed by atoms with Gasteiger partial charge in [0.25, 0.3) is 18.2 Å². The van der Waals surface area contributed by atoms with E-state index in [0.29, 0.717) is 12.1 Å². The molecule has 2 aromatic heterocycles. The second-order valence-corrected chi connectivity index (χ2v) is 9.84. The van der Waals surface area contributed by atoms with E-state index in [1.807, 2.05) is 0 Å². The average molecular weight is 610 g/mol. The van der Waals surface area contributed by atoms with Crippen molar-refractivity contribution in [2.24, 2.45) is 0 Å². The van der Waals surface area contributed by atoms with Gasteiger partial charge in [-0.05, 0) is 42.5 Å². The van der Waals surface area contributed by atoms with Gasteiger partial charge >= 0.3 is 6.18 Å². The number of imidazole rings is 2. The Labute approximate surface area is 235 Å².